The second kappa shape index (κ2) is 11.2. The normalized spacial score (nSPS) is 11.4. The molecule has 0 bridgehead atoms. The Kier molecular flexibility index (Phi) is 8.07. The van der Waals surface area contributed by atoms with Crippen LogP contribution in [0.25, 0.3) is 11.5 Å². The minimum absolute atomic E-state index is 0.332. The lowest BCUT2D eigenvalue weighted by molar-refractivity contribution is 0.513. The number of hydrogen-bond acceptors (Lipinski definition) is 7. The van der Waals surface area contributed by atoms with Gasteiger partial charge in [-0.2, -0.15) is 5.10 Å². The van der Waals surface area contributed by atoms with Crippen molar-refractivity contribution in [3.63, 3.8) is 0 Å². The quantitative estimate of drug-likeness (QED) is 0.280. The van der Waals surface area contributed by atoms with Gasteiger partial charge < -0.3 is 9.32 Å². The predicted molar refractivity (Wildman–Crippen MR) is 133 cm³/mol. The molecule has 8 heteroatoms. The summed E-state index contributed by atoms with van der Waals surface area (Å²) in [5.74, 6) is 0.726. The first-order valence-corrected chi connectivity index (χ1v) is 10.9. The zero-order valence-corrected chi connectivity index (χ0v) is 19.5. The molecule has 0 unspecified atom stereocenters. The third kappa shape index (κ3) is 5.91. The van der Waals surface area contributed by atoms with E-state index >= 15 is 0 Å². The van der Waals surface area contributed by atoms with Crippen LogP contribution in [-0.4, -0.2) is 36.2 Å². The first-order valence-electron chi connectivity index (χ1n) is 10.9. The summed E-state index contributed by atoms with van der Waals surface area (Å²) in [7, 11) is 2.01. The molecule has 0 fully saturated rings. The van der Waals surface area contributed by atoms with E-state index in [2.05, 4.69) is 33.7 Å². The molecule has 172 valence electrons. The first kappa shape index (κ1) is 23.8. The fourth-order valence-electron chi connectivity index (χ4n) is 3.16. The summed E-state index contributed by atoms with van der Waals surface area (Å²) >= 11 is 0. The molecule has 0 atom stereocenters. The molecular weight excluding hydrogens is 419 g/mol. The van der Waals surface area contributed by atoms with Crippen molar-refractivity contribution < 1.29 is 8.81 Å². The van der Waals surface area contributed by atoms with Crippen LogP contribution in [0, 0.1) is 5.82 Å². The van der Waals surface area contributed by atoms with E-state index in [4.69, 9.17) is 9.41 Å². The molecule has 3 rings (SSSR count). The second-order valence-corrected chi connectivity index (χ2v) is 7.32. The van der Waals surface area contributed by atoms with E-state index in [-0.39, 0.29) is 5.82 Å². The average molecular weight is 449 g/mol. The minimum Gasteiger partial charge on any atom is -0.421 e. The number of allylic oxidation sites excluding steroid dienone is 1. The van der Waals surface area contributed by atoms with Gasteiger partial charge in [-0.1, -0.05) is 19.6 Å². The summed E-state index contributed by atoms with van der Waals surface area (Å²) < 4.78 is 19.4. The molecule has 1 aromatic heterocycles. The molecule has 0 amide bonds. The average Bonchev–Trinajstić information content (AvgIpc) is 3.31. The van der Waals surface area contributed by atoms with Crippen molar-refractivity contribution in [1.82, 2.24) is 10.2 Å². The van der Waals surface area contributed by atoms with Gasteiger partial charge in [0.1, 0.15) is 5.82 Å². The van der Waals surface area contributed by atoms with Crippen LogP contribution >= 0.6 is 0 Å². The van der Waals surface area contributed by atoms with Crippen molar-refractivity contribution in [2.45, 2.75) is 33.6 Å². The number of hydrogen-bond donors (Lipinski definition) is 0. The van der Waals surface area contributed by atoms with E-state index < -0.39 is 0 Å². The van der Waals surface area contributed by atoms with E-state index in [9.17, 15) is 4.39 Å². The fourth-order valence-corrected chi connectivity index (χ4v) is 3.16. The van der Waals surface area contributed by atoms with Gasteiger partial charge in [-0.3, -0.25) is 4.99 Å². The Balaban J connectivity index is 1.85. The Hall–Kier alpha value is -3.81. The maximum atomic E-state index is 13.7. The highest BCUT2D eigenvalue weighted by atomic mass is 19.1. The third-order valence-electron chi connectivity index (χ3n) is 5.02. The Morgan fingerprint density at radius 2 is 2.00 bits per heavy atom. The lowest BCUT2D eigenvalue weighted by Gasteiger charge is -2.21. The van der Waals surface area contributed by atoms with E-state index in [0.717, 1.165) is 23.5 Å². The topological polar surface area (TPSA) is 70.1 Å². The van der Waals surface area contributed by atoms with E-state index in [0.29, 0.717) is 36.0 Å². The van der Waals surface area contributed by atoms with Crippen molar-refractivity contribution in [2.24, 2.45) is 10.1 Å². The van der Waals surface area contributed by atoms with Gasteiger partial charge in [0.15, 0.2) is 0 Å². The Bertz CT molecular complexity index is 1150. The number of hydrazone groups is 1. The summed E-state index contributed by atoms with van der Waals surface area (Å²) in [5, 5.41) is 14.1. The van der Waals surface area contributed by atoms with Gasteiger partial charge in [-0.05, 0) is 50.2 Å². The van der Waals surface area contributed by atoms with Gasteiger partial charge in [-0.25, -0.2) is 9.40 Å². The van der Waals surface area contributed by atoms with Crippen molar-refractivity contribution in [3.05, 3.63) is 66.4 Å². The highest BCUT2D eigenvalue weighted by molar-refractivity contribution is 5.78. The molecule has 0 radical (unpaired) electrons. The molecule has 0 N–H and O–H groups in total. The SMILES string of the molecule is C=C(CC=Nc1cc(-c2nnc(CC)o2)ccc1N(C)CC)N(/N=C\C)c1cccc(F)c1. The van der Waals surface area contributed by atoms with Gasteiger partial charge in [0, 0.05) is 50.1 Å². The maximum absolute atomic E-state index is 13.7. The largest absolute Gasteiger partial charge is 0.421 e. The lowest BCUT2D eigenvalue weighted by Crippen LogP contribution is -2.16. The molecule has 0 aliphatic carbocycles. The molecule has 0 aliphatic rings. The molecule has 0 saturated heterocycles. The number of aliphatic imine (C=N–C) groups is 1. The number of halogens is 1. The Morgan fingerprint density at radius 1 is 1.18 bits per heavy atom. The fraction of sp³-hybridized carbons (Fsp3) is 0.280. The minimum atomic E-state index is -0.332. The lowest BCUT2D eigenvalue weighted by atomic mass is 10.1. The summed E-state index contributed by atoms with van der Waals surface area (Å²) in [6.45, 7) is 10.8. The summed E-state index contributed by atoms with van der Waals surface area (Å²) in [4.78, 5) is 6.82. The second-order valence-electron chi connectivity index (χ2n) is 7.32. The summed E-state index contributed by atoms with van der Waals surface area (Å²) in [6, 6.07) is 12.1. The predicted octanol–water partition coefficient (Wildman–Crippen LogP) is 6.01. The summed E-state index contributed by atoms with van der Waals surface area (Å²) in [6.07, 6.45) is 4.52. The molecule has 2 aromatic carbocycles. The van der Waals surface area contributed by atoms with Crippen LogP contribution in [0.5, 0.6) is 0 Å². The van der Waals surface area contributed by atoms with Gasteiger partial charge in [0.25, 0.3) is 0 Å². The first-order chi connectivity index (χ1) is 16.0. The van der Waals surface area contributed by atoms with Crippen LogP contribution in [0.1, 0.15) is 33.1 Å². The van der Waals surface area contributed by atoms with Crippen LogP contribution < -0.4 is 9.91 Å². The Morgan fingerprint density at radius 3 is 2.67 bits per heavy atom. The Labute approximate surface area is 194 Å². The third-order valence-corrected chi connectivity index (χ3v) is 5.02. The van der Waals surface area contributed by atoms with Crippen molar-refractivity contribution >= 4 is 29.5 Å². The van der Waals surface area contributed by atoms with Gasteiger partial charge in [0.2, 0.25) is 11.8 Å². The standard InChI is InChI=1S/C25H29FN6O/c1-6-24-29-30-25(33-24)19-12-13-23(31(5)8-3)22(16-19)27-15-14-18(4)32(28-7-2)21-11-9-10-20(26)17-21/h7,9-13,15-17H,4,6,8,14H2,1-3,5H3/b27-15?,28-7-. The maximum Gasteiger partial charge on any atom is 0.247 e. The number of rotatable bonds is 10. The number of aromatic nitrogens is 2. The van der Waals surface area contributed by atoms with Crippen molar-refractivity contribution in [2.75, 3.05) is 23.5 Å². The highest BCUT2D eigenvalue weighted by Crippen LogP contribution is 2.33. The molecule has 1 heterocycles. The zero-order chi connectivity index (χ0) is 23.8. The molecule has 0 saturated carbocycles. The number of aryl methyl sites for hydroxylation is 1. The van der Waals surface area contributed by atoms with E-state index in [1.165, 1.54) is 12.1 Å². The van der Waals surface area contributed by atoms with Crippen LogP contribution in [0.15, 0.2) is 69.3 Å². The van der Waals surface area contributed by atoms with Gasteiger partial charge in [0.05, 0.1) is 17.1 Å². The smallest absolute Gasteiger partial charge is 0.247 e. The molecule has 7 nitrogen and oxygen atoms in total. The zero-order valence-electron chi connectivity index (χ0n) is 19.5. The van der Waals surface area contributed by atoms with Crippen LogP contribution in [-0.2, 0) is 6.42 Å². The number of benzene rings is 2. The molecule has 3 aromatic rings. The molecule has 33 heavy (non-hydrogen) atoms. The van der Waals surface area contributed by atoms with E-state index in [1.807, 2.05) is 32.2 Å². The number of anilines is 2. The van der Waals surface area contributed by atoms with Crippen LogP contribution in [0.4, 0.5) is 21.5 Å². The van der Waals surface area contributed by atoms with Crippen LogP contribution in [0.2, 0.25) is 0 Å². The van der Waals surface area contributed by atoms with Crippen molar-refractivity contribution in [1.29, 1.82) is 0 Å². The van der Waals surface area contributed by atoms with Gasteiger partial charge in [-0.15, -0.1) is 10.2 Å². The summed E-state index contributed by atoms with van der Waals surface area (Å²) in [5.41, 5.74) is 3.82. The molecule has 0 spiro atoms. The highest BCUT2D eigenvalue weighted by Gasteiger charge is 2.13. The van der Waals surface area contributed by atoms with E-state index in [1.54, 1.807) is 36.5 Å². The van der Waals surface area contributed by atoms with Crippen LogP contribution in [0.3, 0.4) is 0 Å². The monoisotopic (exact) mass is 448 g/mol. The number of nitrogens with zero attached hydrogens (tertiary/aromatic N) is 6. The molecule has 0 aliphatic heterocycles. The molecular formula is C25H29FN6O. The van der Waals surface area contributed by atoms with Crippen molar-refractivity contribution in [3.8, 4) is 11.5 Å². The van der Waals surface area contributed by atoms with Gasteiger partial charge >= 0.3 is 0 Å².